The van der Waals surface area contributed by atoms with E-state index in [1.807, 2.05) is 11.8 Å². The molecule has 0 radical (unpaired) electrons. The second-order valence-corrected chi connectivity index (χ2v) is 9.75. The van der Waals surface area contributed by atoms with Crippen LogP contribution in [0.25, 0.3) is 10.9 Å². The van der Waals surface area contributed by atoms with Crippen molar-refractivity contribution >= 4 is 47.5 Å². The van der Waals surface area contributed by atoms with Crippen LogP contribution in [-0.2, 0) is 15.7 Å². The molecule has 0 unspecified atom stereocenters. The molecule has 0 aliphatic carbocycles. The number of hydrogen-bond donors (Lipinski definition) is 1. The molecule has 1 saturated heterocycles. The number of alkyl halides is 3. The average Bonchev–Trinajstić information content (AvgIpc) is 2.70. The molecule has 11 heteroatoms. The Hall–Kier alpha value is -2.44. The number of carboxylic acids is 1. The van der Waals surface area contributed by atoms with Gasteiger partial charge in [-0.05, 0) is 57.4 Å². The van der Waals surface area contributed by atoms with Crippen LogP contribution in [-0.4, -0.2) is 77.2 Å². The number of aliphatic carboxylic acids is 1. The first-order chi connectivity index (χ1) is 15.8. The van der Waals surface area contributed by atoms with Crippen LogP contribution < -0.4 is 4.90 Å². The third-order valence-electron chi connectivity index (χ3n) is 5.67. The number of amides is 1. The summed E-state index contributed by atoms with van der Waals surface area (Å²) in [6.45, 7) is 8.08. The molecule has 1 aliphatic heterocycles. The van der Waals surface area contributed by atoms with E-state index in [2.05, 4.69) is 4.98 Å². The first-order valence-electron chi connectivity index (χ1n) is 11.2. The SMILES string of the molecule is C[C@H]1C[C@@H](N(CCC(=O)O)C(=O)OC(C)(C)C)CN(c2ccc(C(F)(F)F)c3ncccc23)C1.[LiH]. The predicted molar refractivity (Wildman–Crippen MR) is 129 cm³/mol. The van der Waals surface area contributed by atoms with Crippen LogP contribution in [0.2, 0.25) is 0 Å². The number of aromatic nitrogens is 1. The molecule has 2 heterocycles. The van der Waals surface area contributed by atoms with Gasteiger partial charge >= 0.3 is 37.1 Å². The molecule has 2 aromatic rings. The second-order valence-electron chi connectivity index (χ2n) is 9.75. The monoisotopic (exact) mass is 489 g/mol. The van der Waals surface area contributed by atoms with Gasteiger partial charge in [-0.3, -0.25) is 9.78 Å². The Morgan fingerprint density at radius 2 is 1.89 bits per heavy atom. The van der Waals surface area contributed by atoms with Gasteiger partial charge in [-0.15, -0.1) is 0 Å². The Labute approximate surface area is 214 Å². The fourth-order valence-corrected chi connectivity index (χ4v) is 4.36. The molecule has 188 valence electrons. The predicted octanol–water partition coefficient (Wildman–Crippen LogP) is 4.53. The van der Waals surface area contributed by atoms with Crippen LogP contribution in [0.5, 0.6) is 0 Å². The van der Waals surface area contributed by atoms with E-state index in [4.69, 9.17) is 4.74 Å². The minimum atomic E-state index is -4.53. The Morgan fingerprint density at radius 1 is 1.20 bits per heavy atom. The van der Waals surface area contributed by atoms with Gasteiger partial charge in [0.2, 0.25) is 0 Å². The molecule has 3 rings (SSSR count). The minimum absolute atomic E-state index is 0. The number of piperidine rings is 1. The molecule has 0 bridgehead atoms. The average molecular weight is 489 g/mol. The van der Waals surface area contributed by atoms with Gasteiger partial charge in [0.1, 0.15) is 5.60 Å². The summed E-state index contributed by atoms with van der Waals surface area (Å²) >= 11 is 0. The van der Waals surface area contributed by atoms with Gasteiger partial charge in [-0.25, -0.2) is 4.79 Å². The van der Waals surface area contributed by atoms with Gasteiger partial charge < -0.3 is 19.6 Å². The van der Waals surface area contributed by atoms with Crippen LogP contribution in [0, 0.1) is 5.92 Å². The Bertz CT molecular complexity index is 1060. The number of nitrogens with zero attached hydrogens (tertiary/aromatic N) is 3. The molecular weight excluding hydrogens is 458 g/mol. The first kappa shape index (κ1) is 28.8. The van der Waals surface area contributed by atoms with Gasteiger partial charge in [0, 0.05) is 36.9 Å². The number of pyridine rings is 1. The van der Waals surface area contributed by atoms with E-state index in [-0.39, 0.29) is 49.3 Å². The number of carboxylic acid groups (broad SMARTS) is 1. The summed E-state index contributed by atoms with van der Waals surface area (Å²) in [6.07, 6.45) is -3.43. The van der Waals surface area contributed by atoms with E-state index in [0.29, 0.717) is 30.6 Å². The van der Waals surface area contributed by atoms with Crippen LogP contribution in [0.3, 0.4) is 0 Å². The number of ether oxygens (including phenoxy) is 1. The summed E-state index contributed by atoms with van der Waals surface area (Å²) in [5.41, 5.74) is -1.09. The number of hydrogen-bond acceptors (Lipinski definition) is 5. The number of halogens is 3. The van der Waals surface area contributed by atoms with E-state index in [1.165, 1.54) is 17.2 Å². The molecule has 1 aliphatic rings. The molecule has 1 amide bonds. The maximum atomic E-state index is 13.5. The van der Waals surface area contributed by atoms with Crippen molar-refractivity contribution < 1.29 is 32.6 Å². The zero-order valence-electron chi connectivity index (χ0n) is 19.7. The summed E-state index contributed by atoms with van der Waals surface area (Å²) in [5.74, 6) is -0.934. The molecule has 0 spiro atoms. The Balaban J connectivity index is 0.00000432. The van der Waals surface area contributed by atoms with E-state index in [0.717, 1.165) is 6.07 Å². The number of carbonyl (C=O) groups is 2. The summed E-state index contributed by atoms with van der Waals surface area (Å²) in [6, 6.07) is 5.31. The topological polar surface area (TPSA) is 83.0 Å². The van der Waals surface area contributed by atoms with Crippen LogP contribution in [0.1, 0.15) is 46.1 Å². The van der Waals surface area contributed by atoms with Crippen molar-refractivity contribution in [3.8, 4) is 0 Å². The summed E-state index contributed by atoms with van der Waals surface area (Å²) in [5, 5.41) is 9.55. The third kappa shape index (κ3) is 7.28. The quantitative estimate of drug-likeness (QED) is 0.622. The van der Waals surface area contributed by atoms with Crippen molar-refractivity contribution in [2.45, 2.75) is 58.4 Å². The number of fused-ring (bicyclic) bond motifs is 1. The Kier molecular flexibility index (Phi) is 9.12. The molecule has 2 atom stereocenters. The van der Waals surface area contributed by atoms with Crippen molar-refractivity contribution in [1.29, 1.82) is 0 Å². The number of rotatable bonds is 5. The van der Waals surface area contributed by atoms with E-state index in [1.54, 1.807) is 32.9 Å². The van der Waals surface area contributed by atoms with Crippen molar-refractivity contribution in [2.24, 2.45) is 5.92 Å². The van der Waals surface area contributed by atoms with E-state index in [9.17, 15) is 27.9 Å². The van der Waals surface area contributed by atoms with E-state index >= 15 is 0 Å². The second kappa shape index (κ2) is 11.1. The Morgan fingerprint density at radius 3 is 2.49 bits per heavy atom. The van der Waals surface area contributed by atoms with E-state index < -0.39 is 29.4 Å². The van der Waals surface area contributed by atoms with Crippen molar-refractivity contribution in [2.75, 3.05) is 24.5 Å². The molecule has 1 fully saturated rings. The molecule has 1 aromatic carbocycles. The van der Waals surface area contributed by atoms with Gasteiger partial charge in [-0.1, -0.05) is 6.92 Å². The standard InChI is InChI=1S/C24H30F3N3O4.Li.H/c1-15-12-16(30(11-9-20(31)32)22(33)34-23(2,3)4)14-29(13-15)19-8-7-18(24(25,26)27)21-17(19)6-5-10-28-21;;/h5-8,10,15-16H,9,11-14H2,1-4H3,(H,31,32);;/t15-,16+;;/m0../s1. The van der Waals surface area contributed by atoms with Gasteiger partial charge in [-0.2, -0.15) is 13.2 Å². The van der Waals surface area contributed by atoms with Gasteiger partial charge in [0.15, 0.2) is 0 Å². The zero-order chi connectivity index (χ0) is 25.3. The molecule has 1 N–H and O–H groups in total. The third-order valence-corrected chi connectivity index (χ3v) is 5.67. The van der Waals surface area contributed by atoms with Gasteiger partial charge in [0.25, 0.3) is 0 Å². The van der Waals surface area contributed by atoms with Crippen LogP contribution in [0.4, 0.5) is 23.7 Å². The summed E-state index contributed by atoms with van der Waals surface area (Å²) in [7, 11) is 0. The fraction of sp³-hybridized carbons (Fsp3) is 0.542. The normalized spacial score (nSPS) is 18.7. The van der Waals surface area contributed by atoms with Gasteiger partial charge in [0.05, 0.1) is 23.5 Å². The molecule has 7 nitrogen and oxygen atoms in total. The number of anilines is 1. The zero-order valence-corrected chi connectivity index (χ0v) is 19.7. The first-order valence-corrected chi connectivity index (χ1v) is 11.2. The number of carbonyl (C=O) groups excluding carboxylic acids is 1. The molecular formula is C24H31F3LiN3O4. The van der Waals surface area contributed by atoms with Crippen molar-refractivity contribution in [3.05, 3.63) is 36.0 Å². The van der Waals surface area contributed by atoms with Crippen LogP contribution in [0.15, 0.2) is 30.5 Å². The summed E-state index contributed by atoms with van der Waals surface area (Å²) in [4.78, 5) is 31.5. The molecule has 1 aromatic heterocycles. The number of benzene rings is 1. The fourth-order valence-electron chi connectivity index (χ4n) is 4.36. The summed E-state index contributed by atoms with van der Waals surface area (Å²) < 4.78 is 46.1. The van der Waals surface area contributed by atoms with Crippen molar-refractivity contribution in [1.82, 2.24) is 9.88 Å². The molecule has 0 saturated carbocycles. The van der Waals surface area contributed by atoms with Crippen molar-refractivity contribution in [3.63, 3.8) is 0 Å². The molecule has 35 heavy (non-hydrogen) atoms. The maximum absolute atomic E-state index is 13.5. The van der Waals surface area contributed by atoms with Crippen LogP contribution >= 0.6 is 0 Å².